The molecule has 0 aliphatic carbocycles. The van der Waals surface area contributed by atoms with E-state index in [9.17, 15) is 4.79 Å². The Morgan fingerprint density at radius 2 is 2.00 bits per heavy atom. The van der Waals surface area contributed by atoms with Crippen molar-refractivity contribution in [2.45, 2.75) is 6.04 Å². The van der Waals surface area contributed by atoms with Crippen LogP contribution < -0.4 is 10.1 Å². The van der Waals surface area contributed by atoms with Crippen LogP contribution in [0.15, 0.2) is 54.6 Å². The largest absolute Gasteiger partial charge is 0.484 e. The molecule has 1 aliphatic rings. The molecular formula is C18H20Cl2N2O2. The second kappa shape index (κ2) is 8.92. The molecule has 0 bridgehead atoms. The van der Waals surface area contributed by atoms with E-state index in [0.29, 0.717) is 17.3 Å². The number of halogens is 2. The normalized spacial score (nSPS) is 17.0. The van der Waals surface area contributed by atoms with Gasteiger partial charge in [0.2, 0.25) is 0 Å². The average molecular weight is 367 g/mol. The second-order valence-electron chi connectivity index (χ2n) is 5.46. The zero-order chi connectivity index (χ0) is 16.1. The van der Waals surface area contributed by atoms with Crippen LogP contribution in [-0.4, -0.2) is 37.0 Å². The van der Waals surface area contributed by atoms with Crippen molar-refractivity contribution in [2.24, 2.45) is 0 Å². The number of nitrogens with one attached hydrogen (secondary N) is 1. The molecule has 1 fully saturated rings. The molecule has 0 aromatic heterocycles. The molecule has 0 spiro atoms. The molecule has 24 heavy (non-hydrogen) atoms. The fraction of sp³-hybridized carbons (Fsp3) is 0.278. The zero-order valence-electron chi connectivity index (χ0n) is 13.2. The van der Waals surface area contributed by atoms with E-state index < -0.39 is 0 Å². The fourth-order valence-electron chi connectivity index (χ4n) is 2.76. The van der Waals surface area contributed by atoms with Gasteiger partial charge in [-0.25, -0.2) is 0 Å². The number of ether oxygens (including phenoxy) is 1. The van der Waals surface area contributed by atoms with Crippen molar-refractivity contribution in [3.05, 3.63) is 65.2 Å². The van der Waals surface area contributed by atoms with Crippen molar-refractivity contribution in [3.63, 3.8) is 0 Å². The highest BCUT2D eigenvalue weighted by Crippen LogP contribution is 2.25. The second-order valence-corrected chi connectivity index (χ2v) is 5.90. The van der Waals surface area contributed by atoms with Gasteiger partial charge in [-0.1, -0.05) is 41.9 Å². The van der Waals surface area contributed by atoms with E-state index in [1.54, 1.807) is 0 Å². The molecular weight excluding hydrogens is 347 g/mol. The fourth-order valence-corrected chi connectivity index (χ4v) is 2.96. The number of hydrogen-bond donors (Lipinski definition) is 1. The molecule has 0 radical (unpaired) electrons. The first kappa shape index (κ1) is 18.6. The lowest BCUT2D eigenvalue weighted by molar-refractivity contribution is -0.136. The van der Waals surface area contributed by atoms with E-state index in [4.69, 9.17) is 16.3 Å². The van der Waals surface area contributed by atoms with Gasteiger partial charge in [0.25, 0.3) is 5.91 Å². The average Bonchev–Trinajstić information content (AvgIpc) is 2.60. The van der Waals surface area contributed by atoms with Gasteiger partial charge in [-0.3, -0.25) is 4.79 Å². The Morgan fingerprint density at radius 1 is 1.21 bits per heavy atom. The SMILES string of the molecule is Cl.O=C(COc1ccccc1)N1CCNCC1c1cccc(Cl)c1. The third kappa shape index (κ3) is 4.63. The minimum absolute atomic E-state index is 0. The number of piperazine rings is 1. The highest BCUT2D eigenvalue weighted by atomic mass is 35.5. The third-order valence-corrected chi connectivity index (χ3v) is 4.14. The van der Waals surface area contributed by atoms with E-state index in [2.05, 4.69) is 5.32 Å². The predicted octanol–water partition coefficient (Wildman–Crippen LogP) is 3.31. The molecule has 1 unspecified atom stereocenters. The smallest absolute Gasteiger partial charge is 0.261 e. The van der Waals surface area contributed by atoms with Gasteiger partial charge < -0.3 is 15.0 Å². The van der Waals surface area contributed by atoms with Crippen LogP contribution in [0.4, 0.5) is 0 Å². The summed E-state index contributed by atoms with van der Waals surface area (Å²) < 4.78 is 5.59. The Bertz CT molecular complexity index is 667. The number of nitrogens with zero attached hydrogens (tertiary/aromatic N) is 1. The summed E-state index contributed by atoms with van der Waals surface area (Å²) in [6, 6.07) is 17.0. The van der Waals surface area contributed by atoms with Gasteiger partial charge in [-0.15, -0.1) is 12.4 Å². The third-order valence-electron chi connectivity index (χ3n) is 3.90. The molecule has 6 heteroatoms. The molecule has 3 rings (SSSR count). The number of carbonyl (C=O) groups excluding carboxylic acids is 1. The molecule has 0 saturated carbocycles. The van der Waals surface area contributed by atoms with Crippen molar-refractivity contribution in [1.82, 2.24) is 10.2 Å². The van der Waals surface area contributed by atoms with Crippen LogP contribution in [0, 0.1) is 0 Å². The molecule has 4 nitrogen and oxygen atoms in total. The first-order valence-electron chi connectivity index (χ1n) is 7.67. The summed E-state index contributed by atoms with van der Waals surface area (Å²) in [5.41, 5.74) is 1.04. The summed E-state index contributed by atoms with van der Waals surface area (Å²) in [5, 5.41) is 4.02. The van der Waals surface area contributed by atoms with Crippen LogP contribution >= 0.6 is 24.0 Å². The molecule has 1 N–H and O–H groups in total. The van der Waals surface area contributed by atoms with Gasteiger partial charge in [-0.2, -0.15) is 0 Å². The summed E-state index contributed by atoms with van der Waals surface area (Å²) in [5.74, 6) is 0.690. The van der Waals surface area contributed by atoms with E-state index >= 15 is 0 Å². The van der Waals surface area contributed by atoms with Gasteiger partial charge >= 0.3 is 0 Å². The maximum Gasteiger partial charge on any atom is 0.261 e. The molecule has 2 aromatic rings. The Balaban J connectivity index is 0.00000208. The summed E-state index contributed by atoms with van der Waals surface area (Å²) in [6.07, 6.45) is 0. The van der Waals surface area contributed by atoms with Crippen LogP contribution in [0.25, 0.3) is 0 Å². The predicted molar refractivity (Wildman–Crippen MR) is 98.0 cm³/mol. The number of rotatable bonds is 4. The maximum absolute atomic E-state index is 12.6. The number of para-hydroxylation sites is 1. The highest BCUT2D eigenvalue weighted by molar-refractivity contribution is 6.30. The molecule has 1 amide bonds. The first-order chi connectivity index (χ1) is 11.2. The Morgan fingerprint density at radius 3 is 2.75 bits per heavy atom. The minimum Gasteiger partial charge on any atom is -0.484 e. The lowest BCUT2D eigenvalue weighted by Crippen LogP contribution is -2.50. The van der Waals surface area contributed by atoms with Crippen molar-refractivity contribution < 1.29 is 9.53 Å². The Labute approximate surface area is 153 Å². The van der Waals surface area contributed by atoms with Crippen LogP contribution in [-0.2, 0) is 4.79 Å². The summed E-state index contributed by atoms with van der Waals surface area (Å²) in [4.78, 5) is 14.4. The number of carbonyl (C=O) groups is 1. The Kier molecular flexibility index (Phi) is 6.91. The van der Waals surface area contributed by atoms with Crippen LogP contribution in [0.5, 0.6) is 5.75 Å². The van der Waals surface area contributed by atoms with Crippen LogP contribution in [0.2, 0.25) is 5.02 Å². The van der Waals surface area contributed by atoms with Gasteiger partial charge in [-0.05, 0) is 29.8 Å². The molecule has 1 saturated heterocycles. The summed E-state index contributed by atoms with van der Waals surface area (Å²) >= 11 is 6.08. The van der Waals surface area contributed by atoms with Crippen molar-refractivity contribution in [2.75, 3.05) is 26.2 Å². The molecule has 1 aliphatic heterocycles. The highest BCUT2D eigenvalue weighted by Gasteiger charge is 2.28. The maximum atomic E-state index is 12.6. The van der Waals surface area contributed by atoms with E-state index in [-0.39, 0.29) is 31.0 Å². The van der Waals surface area contributed by atoms with Gasteiger partial charge in [0.05, 0.1) is 6.04 Å². The lowest BCUT2D eigenvalue weighted by atomic mass is 10.0. The summed E-state index contributed by atoms with van der Waals surface area (Å²) in [6.45, 7) is 2.21. The molecule has 1 atom stereocenters. The van der Waals surface area contributed by atoms with Gasteiger partial charge in [0.1, 0.15) is 5.75 Å². The van der Waals surface area contributed by atoms with Gasteiger partial charge in [0, 0.05) is 24.7 Å². The van der Waals surface area contributed by atoms with Crippen molar-refractivity contribution >= 4 is 29.9 Å². The monoisotopic (exact) mass is 366 g/mol. The number of amides is 1. The number of benzene rings is 2. The quantitative estimate of drug-likeness (QED) is 0.902. The topological polar surface area (TPSA) is 41.6 Å². The minimum atomic E-state index is -0.0191. The van der Waals surface area contributed by atoms with E-state index in [0.717, 1.165) is 18.7 Å². The number of hydrogen-bond acceptors (Lipinski definition) is 3. The van der Waals surface area contributed by atoms with Crippen molar-refractivity contribution in [1.29, 1.82) is 0 Å². The molecule has 1 heterocycles. The first-order valence-corrected chi connectivity index (χ1v) is 8.05. The Hall–Kier alpha value is -1.75. The molecule has 128 valence electrons. The van der Waals surface area contributed by atoms with Crippen LogP contribution in [0.1, 0.15) is 11.6 Å². The van der Waals surface area contributed by atoms with Crippen molar-refractivity contribution in [3.8, 4) is 5.75 Å². The zero-order valence-corrected chi connectivity index (χ0v) is 14.7. The van der Waals surface area contributed by atoms with Gasteiger partial charge in [0.15, 0.2) is 6.61 Å². The molecule has 2 aromatic carbocycles. The summed E-state index contributed by atoms with van der Waals surface area (Å²) in [7, 11) is 0. The van der Waals surface area contributed by atoms with E-state index in [1.165, 1.54) is 0 Å². The standard InChI is InChI=1S/C18H19ClN2O2.ClH/c19-15-6-4-5-14(11-15)17-12-20-9-10-21(17)18(22)13-23-16-7-2-1-3-8-16;/h1-8,11,17,20H,9-10,12-13H2;1H. The lowest BCUT2D eigenvalue weighted by Gasteiger charge is -2.36. The van der Waals surface area contributed by atoms with E-state index in [1.807, 2.05) is 59.5 Å². The van der Waals surface area contributed by atoms with Crippen LogP contribution in [0.3, 0.4) is 0 Å².